The van der Waals surface area contributed by atoms with Crippen LogP contribution in [0.1, 0.15) is 51.4 Å². The van der Waals surface area contributed by atoms with Gasteiger partial charge in [-0.2, -0.15) is 0 Å². The van der Waals surface area contributed by atoms with E-state index in [2.05, 4.69) is 269 Å². The highest BCUT2D eigenvalue weighted by Crippen LogP contribution is 2.52. The third-order valence-corrected chi connectivity index (χ3v) is 15.5. The number of anilines is 6. The zero-order chi connectivity index (χ0) is 48.6. The third-order valence-electron chi connectivity index (χ3n) is 14.3. The third kappa shape index (κ3) is 9.39. The molecule has 11 rings (SSSR count). The number of aryl methyl sites for hydroxylation is 2. The van der Waals surface area contributed by atoms with Gasteiger partial charge in [-0.05, 0) is 122 Å². The van der Waals surface area contributed by atoms with Crippen LogP contribution in [0.2, 0.25) is 0 Å². The summed E-state index contributed by atoms with van der Waals surface area (Å²) in [6, 6.07) is 80.3. The molecule has 0 aliphatic heterocycles. The SMILES string of the molecule is BrCCCCCCn1c2ccccc2c2c(-c3ccc(N(c4ccccc4)c4ccccc4)cc3)c3c(c(-c4ccc(N(c5ccccc5)c5ccccc5)cc4)c21)c1ccccc1n3CCCCCCBr. The fraction of sp³-hybridized carbons (Fsp3) is 0.182. The number of halogens is 2. The Morgan fingerprint density at radius 3 is 0.917 bits per heavy atom. The number of aromatic nitrogens is 2. The Kier molecular flexibility index (Phi) is 14.7. The summed E-state index contributed by atoms with van der Waals surface area (Å²) in [5, 5.41) is 7.34. The van der Waals surface area contributed by atoms with Gasteiger partial charge in [0.1, 0.15) is 0 Å². The Bertz CT molecular complexity index is 3210. The summed E-state index contributed by atoms with van der Waals surface area (Å²) in [7, 11) is 0. The molecule has 0 spiro atoms. The van der Waals surface area contributed by atoms with Crippen LogP contribution in [-0.2, 0) is 13.1 Å². The number of hydrogen-bond donors (Lipinski definition) is 0. The topological polar surface area (TPSA) is 16.3 Å². The first kappa shape index (κ1) is 47.5. The number of benzene rings is 9. The maximum absolute atomic E-state index is 3.70. The van der Waals surface area contributed by atoms with Gasteiger partial charge in [0.2, 0.25) is 0 Å². The molecule has 0 aliphatic rings. The largest absolute Gasteiger partial charge is 0.340 e. The monoisotopic (exact) mass is 1070 g/mol. The Morgan fingerprint density at radius 2 is 0.583 bits per heavy atom. The number of rotatable bonds is 20. The van der Waals surface area contributed by atoms with E-state index in [0.717, 1.165) is 70.7 Å². The first-order valence-corrected chi connectivity index (χ1v) is 28.1. The van der Waals surface area contributed by atoms with Crippen molar-refractivity contribution in [3.8, 4) is 22.3 Å². The highest BCUT2D eigenvalue weighted by Gasteiger charge is 2.28. The number of fused-ring (bicyclic) bond motifs is 6. The van der Waals surface area contributed by atoms with Gasteiger partial charge in [0.05, 0.1) is 11.0 Å². The standard InChI is InChI=1S/C66H60Br2N4/c67-45-21-1-3-23-47-69-59-35-19-17-33-57(59)63-62(50-39-43-56(44-40-50)72(53-29-13-7-14-30-53)54-31-15-8-16-32-54)66-64(58-34-18-20-36-60(58)70(66)48-24-4-2-22-46-68)61(65(63)69)49-37-41-55(42-38-49)71(51-25-9-5-10-26-51)52-27-11-6-12-28-52/h5-20,25-44H,1-4,21-24,45-48H2. The number of alkyl halides is 2. The molecule has 0 amide bonds. The van der Waals surface area contributed by atoms with Crippen LogP contribution in [0.4, 0.5) is 34.1 Å². The van der Waals surface area contributed by atoms with E-state index in [1.807, 2.05) is 0 Å². The summed E-state index contributed by atoms with van der Waals surface area (Å²) in [6.07, 6.45) is 9.39. The molecule has 0 saturated carbocycles. The van der Waals surface area contributed by atoms with Crippen molar-refractivity contribution in [3.05, 3.63) is 218 Å². The average Bonchev–Trinajstić information content (AvgIpc) is 3.94. The van der Waals surface area contributed by atoms with E-state index in [0.29, 0.717) is 0 Å². The lowest BCUT2D eigenvalue weighted by atomic mass is 9.89. The van der Waals surface area contributed by atoms with Gasteiger partial charge in [-0.25, -0.2) is 0 Å². The summed E-state index contributed by atoms with van der Waals surface area (Å²) in [5.41, 5.74) is 17.0. The van der Waals surface area contributed by atoms with Crippen molar-refractivity contribution in [2.75, 3.05) is 20.5 Å². The molecule has 0 aliphatic carbocycles. The summed E-state index contributed by atoms with van der Waals surface area (Å²) in [4.78, 5) is 4.73. The fourth-order valence-electron chi connectivity index (χ4n) is 11.1. The molecule has 0 saturated heterocycles. The minimum Gasteiger partial charge on any atom is -0.340 e. The van der Waals surface area contributed by atoms with E-state index >= 15 is 0 Å². The predicted octanol–water partition coefficient (Wildman–Crippen LogP) is 20.1. The number of unbranched alkanes of at least 4 members (excludes halogenated alkanes) is 6. The molecule has 72 heavy (non-hydrogen) atoms. The Balaban J connectivity index is 1.20. The van der Waals surface area contributed by atoms with Crippen LogP contribution in [0.15, 0.2) is 218 Å². The molecular formula is C66H60Br2N4. The maximum Gasteiger partial charge on any atom is 0.0585 e. The normalized spacial score (nSPS) is 11.6. The summed E-state index contributed by atoms with van der Waals surface area (Å²) >= 11 is 7.41. The van der Waals surface area contributed by atoms with Crippen molar-refractivity contribution in [2.45, 2.75) is 64.5 Å². The van der Waals surface area contributed by atoms with Crippen molar-refractivity contribution >= 4 is 110 Å². The van der Waals surface area contributed by atoms with Crippen molar-refractivity contribution in [3.63, 3.8) is 0 Å². The number of para-hydroxylation sites is 6. The molecule has 0 unspecified atom stereocenters. The van der Waals surface area contributed by atoms with Crippen LogP contribution in [-0.4, -0.2) is 19.8 Å². The van der Waals surface area contributed by atoms with Crippen LogP contribution in [0, 0.1) is 0 Å². The smallest absolute Gasteiger partial charge is 0.0585 e. The molecule has 0 bridgehead atoms. The van der Waals surface area contributed by atoms with Gasteiger partial charge in [-0.1, -0.05) is 191 Å². The fourth-order valence-corrected chi connectivity index (χ4v) is 11.9. The molecule has 2 aromatic heterocycles. The highest BCUT2D eigenvalue weighted by molar-refractivity contribution is 9.09. The lowest BCUT2D eigenvalue weighted by Crippen LogP contribution is -2.09. The van der Waals surface area contributed by atoms with E-state index in [9.17, 15) is 0 Å². The molecule has 11 aromatic rings. The lowest BCUT2D eigenvalue weighted by Gasteiger charge is -2.26. The molecule has 4 nitrogen and oxygen atoms in total. The molecule has 6 heteroatoms. The molecule has 0 N–H and O–H groups in total. The van der Waals surface area contributed by atoms with Crippen molar-refractivity contribution in [2.24, 2.45) is 0 Å². The maximum atomic E-state index is 3.70. The van der Waals surface area contributed by atoms with Gasteiger partial charge in [0.15, 0.2) is 0 Å². The summed E-state index contributed by atoms with van der Waals surface area (Å²) in [5.74, 6) is 0. The molecular weight excluding hydrogens is 1010 g/mol. The van der Waals surface area contributed by atoms with Crippen molar-refractivity contribution < 1.29 is 0 Å². The molecule has 0 atom stereocenters. The summed E-state index contributed by atoms with van der Waals surface area (Å²) < 4.78 is 5.39. The molecule has 0 fully saturated rings. The lowest BCUT2D eigenvalue weighted by molar-refractivity contribution is 0.604. The van der Waals surface area contributed by atoms with Crippen LogP contribution >= 0.6 is 31.9 Å². The van der Waals surface area contributed by atoms with E-state index in [1.54, 1.807) is 0 Å². The second kappa shape index (κ2) is 22.3. The Labute approximate surface area is 441 Å². The van der Waals surface area contributed by atoms with E-state index in [1.165, 1.54) is 104 Å². The predicted molar refractivity (Wildman–Crippen MR) is 317 cm³/mol. The number of nitrogens with zero attached hydrogens (tertiary/aromatic N) is 4. The van der Waals surface area contributed by atoms with Gasteiger partial charge in [0, 0.05) is 102 Å². The van der Waals surface area contributed by atoms with Crippen molar-refractivity contribution in [1.82, 2.24) is 9.13 Å². The number of hydrogen-bond acceptors (Lipinski definition) is 2. The average molecular weight is 1070 g/mol. The second-order valence-corrected chi connectivity index (χ2v) is 20.4. The van der Waals surface area contributed by atoms with Crippen LogP contribution < -0.4 is 9.80 Å². The molecule has 0 radical (unpaired) electrons. The molecule has 2 heterocycles. The van der Waals surface area contributed by atoms with Gasteiger partial charge in [0.25, 0.3) is 0 Å². The minimum absolute atomic E-state index is 0.937. The molecule has 358 valence electrons. The zero-order valence-electron chi connectivity index (χ0n) is 40.8. The van der Waals surface area contributed by atoms with Crippen LogP contribution in [0.3, 0.4) is 0 Å². The minimum atomic E-state index is 0.937. The summed E-state index contributed by atoms with van der Waals surface area (Å²) in [6.45, 7) is 1.87. The van der Waals surface area contributed by atoms with Gasteiger partial charge >= 0.3 is 0 Å². The highest BCUT2D eigenvalue weighted by atomic mass is 79.9. The van der Waals surface area contributed by atoms with Gasteiger partial charge in [-0.3, -0.25) is 0 Å². The van der Waals surface area contributed by atoms with Crippen molar-refractivity contribution in [1.29, 1.82) is 0 Å². The molecule has 9 aromatic carbocycles. The van der Waals surface area contributed by atoms with E-state index in [4.69, 9.17) is 0 Å². The quantitative estimate of drug-likeness (QED) is 0.0559. The Morgan fingerprint density at radius 1 is 0.292 bits per heavy atom. The van der Waals surface area contributed by atoms with E-state index < -0.39 is 0 Å². The zero-order valence-corrected chi connectivity index (χ0v) is 44.0. The Hall–Kier alpha value is -6.86. The van der Waals surface area contributed by atoms with E-state index in [-0.39, 0.29) is 0 Å². The van der Waals surface area contributed by atoms with Crippen LogP contribution in [0.25, 0.3) is 65.9 Å². The second-order valence-electron chi connectivity index (χ2n) is 18.8. The first-order valence-electron chi connectivity index (χ1n) is 25.8. The van der Waals surface area contributed by atoms with Gasteiger partial charge in [-0.15, -0.1) is 0 Å². The van der Waals surface area contributed by atoms with Crippen LogP contribution in [0.5, 0.6) is 0 Å². The first-order chi connectivity index (χ1) is 35.7. The van der Waals surface area contributed by atoms with Gasteiger partial charge < -0.3 is 18.9 Å².